The number of nitrogens with one attached hydrogen (secondary N) is 1. The number of carbonyl (C=O) groups is 1. The van der Waals surface area contributed by atoms with Crippen molar-refractivity contribution < 1.29 is 17.4 Å². The molecule has 0 bridgehead atoms. The normalized spacial score (nSPS) is 14.5. The van der Waals surface area contributed by atoms with Gasteiger partial charge in [-0.25, -0.2) is 13.6 Å². The Balaban J connectivity index is 2.78. The summed E-state index contributed by atoms with van der Waals surface area (Å²) in [5, 5.41) is 7.58. The van der Waals surface area contributed by atoms with Gasteiger partial charge in [-0.2, -0.15) is 0 Å². The number of carbonyl (C=O) groups excluding carboxylic acids is 1. The Morgan fingerprint density at radius 2 is 2.10 bits per heavy atom. The van der Waals surface area contributed by atoms with Crippen LogP contribution in [0.2, 0.25) is 5.02 Å². The Morgan fingerprint density at radius 3 is 2.62 bits per heavy atom. The van der Waals surface area contributed by atoms with E-state index in [9.17, 15) is 17.4 Å². The van der Waals surface area contributed by atoms with Crippen LogP contribution in [0, 0.1) is 0 Å². The molecule has 0 aliphatic heterocycles. The number of sulfonamides is 1. The molecule has 1 aromatic carbocycles. The fraction of sp³-hybridized carbons (Fsp3) is 0.417. The summed E-state index contributed by atoms with van der Waals surface area (Å²) in [4.78, 5) is 11.6. The van der Waals surface area contributed by atoms with Crippen LogP contribution < -0.4 is 10.5 Å². The number of hydrogen-bond donors (Lipinski definition) is 2. The van der Waals surface area contributed by atoms with Crippen LogP contribution in [0.15, 0.2) is 23.1 Å². The van der Waals surface area contributed by atoms with E-state index >= 15 is 0 Å². The van der Waals surface area contributed by atoms with E-state index < -0.39 is 26.7 Å². The lowest BCUT2D eigenvalue weighted by molar-refractivity contribution is 0.0953. The summed E-state index contributed by atoms with van der Waals surface area (Å²) < 4.78 is 33.9. The van der Waals surface area contributed by atoms with E-state index in [4.69, 9.17) is 16.7 Å². The Bertz CT molecular complexity index is 661. The molecule has 0 saturated heterocycles. The number of hydrogen-bond acceptors (Lipinski definition) is 4. The molecule has 118 valence electrons. The number of benzene rings is 1. The average molecular weight is 353 g/mol. The maximum Gasteiger partial charge on any atom is 0.251 e. The molecule has 1 rings (SSSR count). The number of amides is 1. The van der Waals surface area contributed by atoms with Gasteiger partial charge >= 0.3 is 0 Å². The summed E-state index contributed by atoms with van der Waals surface area (Å²) in [6.07, 6.45) is 2.16. The van der Waals surface area contributed by atoms with Crippen LogP contribution in [0.25, 0.3) is 0 Å². The predicted octanol–water partition coefficient (Wildman–Crippen LogP) is 0.874. The second kappa shape index (κ2) is 7.35. The topological polar surface area (TPSA) is 106 Å². The maximum atomic E-state index is 11.9. The lowest BCUT2D eigenvalue weighted by atomic mass is 10.2. The van der Waals surface area contributed by atoms with Crippen molar-refractivity contribution in [3.05, 3.63) is 28.8 Å². The van der Waals surface area contributed by atoms with Crippen LogP contribution in [0.5, 0.6) is 0 Å². The largest absolute Gasteiger partial charge is 0.352 e. The minimum Gasteiger partial charge on any atom is -0.352 e. The first-order valence-electron chi connectivity index (χ1n) is 6.05. The SMILES string of the molecule is CC(CCNC(=O)c1ccc(Cl)c(S(N)(=O)=O)c1)S(C)=O. The molecule has 0 aliphatic carbocycles. The summed E-state index contributed by atoms with van der Waals surface area (Å²) in [5.74, 6) is -0.439. The van der Waals surface area contributed by atoms with Gasteiger partial charge in [0.1, 0.15) is 4.90 Å². The van der Waals surface area contributed by atoms with E-state index in [1.165, 1.54) is 12.1 Å². The van der Waals surface area contributed by atoms with Gasteiger partial charge in [0.05, 0.1) is 5.02 Å². The first-order valence-corrected chi connectivity index (χ1v) is 9.60. The molecule has 1 amide bonds. The van der Waals surface area contributed by atoms with Crippen LogP contribution >= 0.6 is 11.6 Å². The van der Waals surface area contributed by atoms with Crippen molar-refractivity contribution in [1.82, 2.24) is 5.32 Å². The molecule has 3 N–H and O–H groups in total. The summed E-state index contributed by atoms with van der Waals surface area (Å²) in [5.41, 5.74) is 0.147. The highest BCUT2D eigenvalue weighted by Crippen LogP contribution is 2.21. The number of nitrogens with two attached hydrogens (primary N) is 1. The summed E-state index contributed by atoms with van der Waals surface area (Å²) >= 11 is 5.74. The molecular formula is C12H17ClN2O4S2. The standard InChI is InChI=1S/C12H17ClN2O4S2/c1-8(20(2)17)5-6-15-12(16)9-3-4-10(13)11(7-9)21(14,18)19/h3-4,7-8H,5-6H2,1-2H3,(H,15,16)(H2,14,18,19). The lowest BCUT2D eigenvalue weighted by Crippen LogP contribution is -2.27. The van der Waals surface area contributed by atoms with E-state index in [1.54, 1.807) is 6.26 Å². The van der Waals surface area contributed by atoms with Crippen molar-refractivity contribution in [2.24, 2.45) is 5.14 Å². The quantitative estimate of drug-likeness (QED) is 0.792. The molecule has 0 spiro atoms. The first kappa shape index (κ1) is 18.1. The van der Waals surface area contributed by atoms with Gasteiger partial charge in [0.2, 0.25) is 10.0 Å². The zero-order chi connectivity index (χ0) is 16.2. The highest BCUT2D eigenvalue weighted by atomic mass is 35.5. The van der Waals surface area contributed by atoms with Gasteiger partial charge in [-0.15, -0.1) is 0 Å². The Morgan fingerprint density at radius 1 is 1.48 bits per heavy atom. The van der Waals surface area contributed by atoms with Crippen LogP contribution in [0.3, 0.4) is 0 Å². The summed E-state index contributed by atoms with van der Waals surface area (Å²) in [6, 6.07) is 3.85. The molecule has 1 aromatic rings. The monoisotopic (exact) mass is 352 g/mol. The molecular weight excluding hydrogens is 336 g/mol. The molecule has 0 fully saturated rings. The highest BCUT2D eigenvalue weighted by molar-refractivity contribution is 7.89. The molecule has 21 heavy (non-hydrogen) atoms. The average Bonchev–Trinajstić information content (AvgIpc) is 2.37. The zero-order valence-corrected chi connectivity index (χ0v) is 14.0. The third kappa shape index (κ3) is 5.39. The van der Waals surface area contributed by atoms with Gasteiger partial charge in [0.15, 0.2) is 0 Å². The van der Waals surface area contributed by atoms with Gasteiger partial charge in [-0.3, -0.25) is 9.00 Å². The molecule has 6 nitrogen and oxygen atoms in total. The van der Waals surface area contributed by atoms with Crippen molar-refractivity contribution in [3.63, 3.8) is 0 Å². The Hall–Kier alpha value is -0.960. The lowest BCUT2D eigenvalue weighted by Gasteiger charge is -2.10. The van der Waals surface area contributed by atoms with E-state index in [-0.39, 0.29) is 20.7 Å². The van der Waals surface area contributed by atoms with Crippen molar-refractivity contribution in [1.29, 1.82) is 0 Å². The van der Waals surface area contributed by atoms with Crippen LogP contribution in [-0.4, -0.2) is 36.6 Å². The molecule has 0 aromatic heterocycles. The van der Waals surface area contributed by atoms with Gasteiger partial charge < -0.3 is 5.32 Å². The molecule has 9 heteroatoms. The number of rotatable bonds is 6. The van der Waals surface area contributed by atoms with Crippen LogP contribution in [0.4, 0.5) is 0 Å². The van der Waals surface area contributed by atoms with Crippen molar-refractivity contribution in [3.8, 4) is 0 Å². The van der Waals surface area contributed by atoms with E-state index in [2.05, 4.69) is 5.32 Å². The molecule has 0 saturated carbocycles. The molecule has 0 radical (unpaired) electrons. The molecule has 2 atom stereocenters. The maximum absolute atomic E-state index is 11.9. The fourth-order valence-electron chi connectivity index (χ4n) is 1.52. The van der Waals surface area contributed by atoms with Crippen molar-refractivity contribution >= 4 is 38.3 Å². The highest BCUT2D eigenvalue weighted by Gasteiger charge is 2.16. The van der Waals surface area contributed by atoms with Crippen molar-refractivity contribution in [2.75, 3.05) is 12.8 Å². The minimum absolute atomic E-state index is 0.0319. The van der Waals surface area contributed by atoms with E-state index in [0.29, 0.717) is 13.0 Å². The molecule has 2 unspecified atom stereocenters. The van der Waals surface area contributed by atoms with E-state index in [1.807, 2.05) is 6.92 Å². The minimum atomic E-state index is -3.99. The van der Waals surface area contributed by atoms with Gasteiger partial charge in [0.25, 0.3) is 5.91 Å². The van der Waals surface area contributed by atoms with E-state index in [0.717, 1.165) is 6.07 Å². The zero-order valence-electron chi connectivity index (χ0n) is 11.6. The third-order valence-corrected chi connectivity index (χ3v) is 5.66. The fourth-order valence-corrected chi connectivity index (χ4v) is 3.04. The summed E-state index contributed by atoms with van der Waals surface area (Å²) in [6.45, 7) is 2.16. The second-order valence-electron chi connectivity index (χ2n) is 4.54. The Kier molecular flexibility index (Phi) is 6.33. The Labute approximate surface area is 131 Å². The second-order valence-corrected chi connectivity index (χ2v) is 8.28. The molecule has 0 heterocycles. The van der Waals surface area contributed by atoms with Crippen LogP contribution in [-0.2, 0) is 20.8 Å². The van der Waals surface area contributed by atoms with Crippen LogP contribution in [0.1, 0.15) is 23.7 Å². The third-order valence-electron chi connectivity index (χ3n) is 2.90. The van der Waals surface area contributed by atoms with Crippen molar-refractivity contribution in [2.45, 2.75) is 23.5 Å². The number of primary sulfonamides is 1. The van der Waals surface area contributed by atoms with Gasteiger partial charge in [-0.05, 0) is 24.6 Å². The summed E-state index contributed by atoms with van der Waals surface area (Å²) in [7, 11) is -4.94. The predicted molar refractivity (Wildman–Crippen MR) is 83.3 cm³/mol. The smallest absolute Gasteiger partial charge is 0.251 e. The van der Waals surface area contributed by atoms with Gasteiger partial charge in [0, 0.05) is 34.4 Å². The molecule has 0 aliphatic rings. The van der Waals surface area contributed by atoms with Gasteiger partial charge in [-0.1, -0.05) is 18.5 Å². The number of halogens is 1. The first-order chi connectivity index (χ1) is 9.62.